The predicted octanol–water partition coefficient (Wildman–Crippen LogP) is 2.18. The molecule has 1 N–H and O–H groups in total. The number of aryl methyl sites for hydroxylation is 2. The Morgan fingerprint density at radius 3 is 2.81 bits per heavy atom. The summed E-state index contributed by atoms with van der Waals surface area (Å²) in [7, 11) is 0. The van der Waals surface area contributed by atoms with Gasteiger partial charge in [-0.3, -0.25) is 19.7 Å². The van der Waals surface area contributed by atoms with Crippen molar-refractivity contribution < 1.29 is 14.5 Å². The molecule has 1 aromatic carbocycles. The van der Waals surface area contributed by atoms with Crippen molar-refractivity contribution in [3.8, 4) is 0 Å². The third-order valence-electron chi connectivity index (χ3n) is 6.29. The number of nitrogens with zero attached hydrogens (tertiary/aromatic N) is 5. The summed E-state index contributed by atoms with van der Waals surface area (Å²) in [6.45, 7) is 3.45. The number of carbonyl (C=O) groups excluding carboxylic acids is 2. The Morgan fingerprint density at radius 1 is 1.19 bits per heavy atom. The van der Waals surface area contributed by atoms with Gasteiger partial charge in [0.1, 0.15) is 17.7 Å². The number of fused-ring (bicyclic) bond motifs is 1. The fourth-order valence-electron chi connectivity index (χ4n) is 4.59. The van der Waals surface area contributed by atoms with E-state index in [9.17, 15) is 19.7 Å². The molecular weight excluding hydrogens is 412 g/mol. The second-order valence-corrected chi connectivity index (χ2v) is 8.45. The molecule has 0 aliphatic carbocycles. The lowest BCUT2D eigenvalue weighted by molar-refractivity contribution is -0.385. The average Bonchev–Trinajstić information content (AvgIpc) is 3.34. The maximum Gasteiger partial charge on any atom is 0.272 e. The molecule has 1 unspecified atom stereocenters. The van der Waals surface area contributed by atoms with Crippen LogP contribution in [0.2, 0.25) is 0 Å². The summed E-state index contributed by atoms with van der Waals surface area (Å²) >= 11 is 0. The zero-order valence-corrected chi connectivity index (χ0v) is 18.2. The highest BCUT2D eigenvalue weighted by Gasteiger charge is 2.34. The molecule has 0 radical (unpaired) electrons. The van der Waals surface area contributed by atoms with Gasteiger partial charge in [0.15, 0.2) is 0 Å². The van der Waals surface area contributed by atoms with Crippen LogP contribution >= 0.6 is 0 Å². The van der Waals surface area contributed by atoms with Gasteiger partial charge in [0.05, 0.1) is 4.92 Å². The number of rotatable bonds is 6. The van der Waals surface area contributed by atoms with Crippen molar-refractivity contribution in [1.82, 2.24) is 25.0 Å². The highest BCUT2D eigenvalue weighted by atomic mass is 16.6. The van der Waals surface area contributed by atoms with Crippen LogP contribution in [0, 0.1) is 17.0 Å². The van der Waals surface area contributed by atoms with E-state index in [1.165, 1.54) is 24.6 Å². The maximum absolute atomic E-state index is 13.0. The minimum absolute atomic E-state index is 0.0244. The lowest BCUT2D eigenvalue weighted by atomic mass is 10.1. The topological polar surface area (TPSA) is 123 Å². The molecule has 32 heavy (non-hydrogen) atoms. The van der Waals surface area contributed by atoms with E-state index in [4.69, 9.17) is 0 Å². The maximum atomic E-state index is 13.0. The Balaban J connectivity index is 1.36. The number of nitro benzene ring substituents is 1. The van der Waals surface area contributed by atoms with Crippen molar-refractivity contribution in [2.24, 2.45) is 0 Å². The molecule has 2 aliphatic heterocycles. The number of hydrogen-bond acceptors (Lipinski definition) is 6. The predicted molar refractivity (Wildman–Crippen MR) is 116 cm³/mol. The van der Waals surface area contributed by atoms with E-state index in [0.29, 0.717) is 37.1 Å². The summed E-state index contributed by atoms with van der Waals surface area (Å²) in [5, 5.41) is 22.6. The molecule has 1 atom stereocenters. The number of benzene rings is 1. The lowest BCUT2D eigenvalue weighted by Gasteiger charge is -2.24. The highest BCUT2D eigenvalue weighted by molar-refractivity contribution is 5.98. The van der Waals surface area contributed by atoms with Gasteiger partial charge in [0.2, 0.25) is 5.91 Å². The molecule has 0 bridgehead atoms. The summed E-state index contributed by atoms with van der Waals surface area (Å²) in [6, 6.07) is 3.78. The number of nitro groups is 1. The number of likely N-dealkylation sites (tertiary alicyclic amines) is 1. The zero-order chi connectivity index (χ0) is 22.7. The van der Waals surface area contributed by atoms with E-state index in [1.807, 2.05) is 0 Å². The average molecular weight is 441 g/mol. The fraction of sp³-hybridized carbons (Fsp3) is 0.545. The third-order valence-corrected chi connectivity index (χ3v) is 6.29. The van der Waals surface area contributed by atoms with Crippen LogP contribution in [0.5, 0.6) is 0 Å². The van der Waals surface area contributed by atoms with Crippen molar-refractivity contribution in [2.75, 3.05) is 13.1 Å². The van der Waals surface area contributed by atoms with Crippen LogP contribution in [-0.4, -0.2) is 55.5 Å². The van der Waals surface area contributed by atoms with E-state index in [1.54, 1.807) is 11.8 Å². The summed E-state index contributed by atoms with van der Waals surface area (Å²) < 4.78 is 2.17. The van der Waals surface area contributed by atoms with E-state index in [0.717, 1.165) is 43.9 Å². The lowest BCUT2D eigenvalue weighted by Crippen LogP contribution is -2.46. The molecule has 1 fully saturated rings. The molecule has 2 aromatic rings. The molecule has 3 heterocycles. The monoisotopic (exact) mass is 440 g/mol. The van der Waals surface area contributed by atoms with Crippen LogP contribution < -0.4 is 5.32 Å². The molecule has 10 nitrogen and oxygen atoms in total. The van der Waals surface area contributed by atoms with Gasteiger partial charge in [-0.25, -0.2) is 0 Å². The molecule has 1 saturated heterocycles. The molecule has 2 amide bonds. The number of carbonyl (C=O) groups is 2. The third kappa shape index (κ3) is 4.49. The normalized spacial score (nSPS) is 18.2. The van der Waals surface area contributed by atoms with Crippen molar-refractivity contribution in [3.05, 3.63) is 51.1 Å². The van der Waals surface area contributed by atoms with Gasteiger partial charge in [-0.1, -0.05) is 6.42 Å². The largest absolute Gasteiger partial charge is 0.354 e. The molecule has 2 aliphatic rings. The van der Waals surface area contributed by atoms with E-state index in [2.05, 4.69) is 20.1 Å². The Morgan fingerprint density at radius 2 is 2.03 bits per heavy atom. The van der Waals surface area contributed by atoms with Gasteiger partial charge >= 0.3 is 0 Å². The summed E-state index contributed by atoms with van der Waals surface area (Å²) in [4.78, 5) is 38.0. The number of hydrogen-bond donors (Lipinski definition) is 1. The number of nitrogens with one attached hydrogen (secondary N) is 1. The van der Waals surface area contributed by atoms with Crippen LogP contribution in [0.4, 0.5) is 5.69 Å². The Hall–Kier alpha value is -3.30. The molecule has 0 saturated carbocycles. The molecule has 170 valence electrons. The van der Waals surface area contributed by atoms with E-state index < -0.39 is 11.0 Å². The van der Waals surface area contributed by atoms with Gasteiger partial charge in [0, 0.05) is 49.7 Å². The van der Waals surface area contributed by atoms with Crippen molar-refractivity contribution >= 4 is 17.5 Å². The van der Waals surface area contributed by atoms with Crippen LogP contribution in [0.3, 0.4) is 0 Å². The first-order valence-corrected chi connectivity index (χ1v) is 11.2. The standard InChI is InChI=1S/C22H28N6O4/c1-15-14-16(8-9-17(15)28(31)32)22(30)26-13-5-6-18(26)21(29)23-11-10-20-25-24-19-7-3-2-4-12-27(19)20/h8-9,14,18H,2-7,10-13H2,1H3,(H,23,29). The number of aromatic nitrogens is 3. The molecule has 10 heteroatoms. The zero-order valence-electron chi connectivity index (χ0n) is 18.2. The second kappa shape index (κ2) is 9.46. The van der Waals surface area contributed by atoms with Gasteiger partial charge in [-0.15, -0.1) is 10.2 Å². The summed E-state index contributed by atoms with van der Waals surface area (Å²) in [5.74, 6) is 1.46. The van der Waals surface area contributed by atoms with Gasteiger partial charge in [0.25, 0.3) is 11.6 Å². The Kier molecular flexibility index (Phi) is 6.48. The minimum atomic E-state index is -0.534. The van der Waals surface area contributed by atoms with Gasteiger partial charge in [-0.05, 0) is 44.7 Å². The molecular formula is C22H28N6O4. The van der Waals surface area contributed by atoms with Crippen LogP contribution in [0.15, 0.2) is 18.2 Å². The minimum Gasteiger partial charge on any atom is -0.354 e. The quantitative estimate of drug-likeness (QED) is 0.542. The smallest absolute Gasteiger partial charge is 0.272 e. The SMILES string of the molecule is Cc1cc(C(=O)N2CCCC2C(=O)NCCc2nnc3n2CCCCC3)ccc1[N+](=O)[O-]. The van der Waals surface area contributed by atoms with E-state index in [-0.39, 0.29) is 17.5 Å². The summed E-state index contributed by atoms with van der Waals surface area (Å²) in [6.07, 6.45) is 6.33. The first-order valence-electron chi connectivity index (χ1n) is 11.2. The van der Waals surface area contributed by atoms with Crippen molar-refractivity contribution in [3.63, 3.8) is 0 Å². The van der Waals surface area contributed by atoms with Crippen LogP contribution in [0.1, 0.15) is 59.7 Å². The first kappa shape index (κ1) is 21.9. The van der Waals surface area contributed by atoms with Gasteiger partial charge in [-0.2, -0.15) is 0 Å². The fourth-order valence-corrected chi connectivity index (χ4v) is 4.59. The first-order chi connectivity index (χ1) is 15.5. The Labute approximate surface area is 186 Å². The highest BCUT2D eigenvalue weighted by Crippen LogP contribution is 2.24. The van der Waals surface area contributed by atoms with Gasteiger partial charge < -0.3 is 14.8 Å². The Bertz CT molecular complexity index is 1030. The second-order valence-electron chi connectivity index (χ2n) is 8.45. The summed E-state index contributed by atoms with van der Waals surface area (Å²) in [5.41, 5.74) is 0.760. The molecule has 1 aromatic heterocycles. The van der Waals surface area contributed by atoms with Crippen LogP contribution in [-0.2, 0) is 24.2 Å². The van der Waals surface area contributed by atoms with Crippen LogP contribution in [0.25, 0.3) is 0 Å². The van der Waals surface area contributed by atoms with Crippen molar-refractivity contribution in [2.45, 2.75) is 64.5 Å². The van der Waals surface area contributed by atoms with Crippen molar-refractivity contribution in [1.29, 1.82) is 0 Å². The number of amides is 2. The molecule has 4 rings (SSSR count). The van der Waals surface area contributed by atoms with E-state index >= 15 is 0 Å². The molecule has 0 spiro atoms.